The highest BCUT2D eigenvalue weighted by atomic mass is 19.1. The number of carbonyl (C=O) groups excluding carboxylic acids is 1. The topological polar surface area (TPSA) is 29.5 Å². The van der Waals surface area contributed by atoms with Gasteiger partial charge in [-0.3, -0.25) is 4.79 Å². The van der Waals surface area contributed by atoms with Crippen molar-refractivity contribution in [2.75, 3.05) is 14.2 Å². The fourth-order valence-corrected chi connectivity index (χ4v) is 2.48. The Hall–Kier alpha value is -2.36. The zero-order chi connectivity index (χ0) is 16.8. The average molecular weight is 315 g/mol. The highest BCUT2D eigenvalue weighted by Crippen LogP contribution is 2.18. The van der Waals surface area contributed by atoms with Crippen molar-refractivity contribution >= 4 is 5.91 Å². The van der Waals surface area contributed by atoms with Crippen LogP contribution in [0.1, 0.15) is 23.1 Å². The van der Waals surface area contributed by atoms with Gasteiger partial charge in [-0.1, -0.05) is 35.9 Å². The second-order valence-corrected chi connectivity index (χ2v) is 5.71. The first-order valence-electron chi connectivity index (χ1n) is 7.61. The summed E-state index contributed by atoms with van der Waals surface area (Å²) in [5.41, 5.74) is 3.09. The van der Waals surface area contributed by atoms with E-state index in [2.05, 4.69) is 6.07 Å². The molecule has 0 aromatic heterocycles. The van der Waals surface area contributed by atoms with Gasteiger partial charge in [-0.05, 0) is 36.6 Å². The Kier molecular flexibility index (Phi) is 5.74. The lowest BCUT2D eigenvalue weighted by molar-refractivity contribution is -0.130. The monoisotopic (exact) mass is 315 g/mol. The smallest absolute Gasteiger partial charge is 0.222 e. The van der Waals surface area contributed by atoms with Crippen molar-refractivity contribution in [3.05, 3.63) is 65.0 Å². The van der Waals surface area contributed by atoms with Gasteiger partial charge in [0, 0.05) is 20.0 Å². The fourth-order valence-electron chi connectivity index (χ4n) is 2.48. The number of hydrogen-bond donors (Lipinski definition) is 0. The van der Waals surface area contributed by atoms with Crippen molar-refractivity contribution in [1.29, 1.82) is 0 Å². The Bertz CT molecular complexity index is 685. The first kappa shape index (κ1) is 17.0. The maximum absolute atomic E-state index is 13.7. The lowest BCUT2D eigenvalue weighted by Crippen LogP contribution is -2.26. The molecule has 0 aliphatic rings. The van der Waals surface area contributed by atoms with Gasteiger partial charge in [0.25, 0.3) is 0 Å². The van der Waals surface area contributed by atoms with Gasteiger partial charge < -0.3 is 9.64 Å². The number of amides is 1. The van der Waals surface area contributed by atoms with Crippen LogP contribution in [0.2, 0.25) is 0 Å². The standard InChI is InChI=1S/C19H22FNO2/c1-14-5-4-6-15(11-14)8-10-19(22)21(2)13-16-7-9-18(23-3)17(20)12-16/h4-7,9,11-12H,8,10,13H2,1-3H3. The summed E-state index contributed by atoms with van der Waals surface area (Å²) in [6, 6.07) is 12.9. The molecule has 0 saturated heterocycles. The predicted octanol–water partition coefficient (Wildman–Crippen LogP) is 3.73. The quantitative estimate of drug-likeness (QED) is 0.813. The first-order valence-corrected chi connectivity index (χ1v) is 7.61. The highest BCUT2D eigenvalue weighted by Gasteiger charge is 2.11. The van der Waals surface area contributed by atoms with Crippen LogP contribution >= 0.6 is 0 Å². The number of benzene rings is 2. The third kappa shape index (κ3) is 4.81. The van der Waals surface area contributed by atoms with Gasteiger partial charge in [-0.15, -0.1) is 0 Å². The molecule has 2 aromatic carbocycles. The third-order valence-electron chi connectivity index (χ3n) is 3.77. The molecule has 0 spiro atoms. The van der Waals surface area contributed by atoms with E-state index in [0.717, 1.165) is 11.1 Å². The maximum atomic E-state index is 13.7. The SMILES string of the molecule is COc1ccc(CN(C)C(=O)CCc2cccc(C)c2)cc1F. The van der Waals surface area contributed by atoms with E-state index in [0.29, 0.717) is 19.4 Å². The summed E-state index contributed by atoms with van der Waals surface area (Å²) in [7, 11) is 3.17. The molecule has 0 fully saturated rings. The van der Waals surface area contributed by atoms with E-state index >= 15 is 0 Å². The van der Waals surface area contributed by atoms with Crippen LogP contribution in [0.3, 0.4) is 0 Å². The molecule has 4 heteroatoms. The van der Waals surface area contributed by atoms with Crippen molar-refractivity contribution in [2.45, 2.75) is 26.3 Å². The lowest BCUT2D eigenvalue weighted by atomic mass is 10.1. The Morgan fingerprint density at radius 2 is 1.96 bits per heavy atom. The molecule has 1 amide bonds. The summed E-state index contributed by atoms with van der Waals surface area (Å²) < 4.78 is 18.6. The van der Waals surface area contributed by atoms with Gasteiger partial charge in [-0.25, -0.2) is 4.39 Å². The molecule has 3 nitrogen and oxygen atoms in total. The van der Waals surface area contributed by atoms with E-state index in [-0.39, 0.29) is 11.7 Å². The predicted molar refractivity (Wildman–Crippen MR) is 88.9 cm³/mol. The van der Waals surface area contributed by atoms with Crippen LogP contribution in [0.5, 0.6) is 5.75 Å². The molecular weight excluding hydrogens is 293 g/mol. The molecule has 0 heterocycles. The van der Waals surface area contributed by atoms with Gasteiger partial charge in [-0.2, -0.15) is 0 Å². The van der Waals surface area contributed by atoms with Gasteiger partial charge in [0.1, 0.15) is 0 Å². The summed E-state index contributed by atoms with van der Waals surface area (Å²) in [6.45, 7) is 2.42. The van der Waals surface area contributed by atoms with Gasteiger partial charge in [0.15, 0.2) is 11.6 Å². The molecule has 2 rings (SSSR count). The lowest BCUT2D eigenvalue weighted by Gasteiger charge is -2.18. The van der Waals surface area contributed by atoms with Crippen LogP contribution in [-0.2, 0) is 17.8 Å². The van der Waals surface area contributed by atoms with Crippen molar-refractivity contribution in [3.63, 3.8) is 0 Å². The number of halogens is 1. The second-order valence-electron chi connectivity index (χ2n) is 5.71. The summed E-state index contributed by atoms with van der Waals surface area (Å²) in [5, 5.41) is 0. The summed E-state index contributed by atoms with van der Waals surface area (Å²) in [6.07, 6.45) is 1.15. The summed E-state index contributed by atoms with van der Waals surface area (Å²) in [5.74, 6) is -0.157. The van der Waals surface area contributed by atoms with E-state index in [4.69, 9.17) is 4.74 Å². The third-order valence-corrected chi connectivity index (χ3v) is 3.77. The summed E-state index contributed by atoms with van der Waals surface area (Å²) >= 11 is 0. The molecule has 2 aromatic rings. The molecular formula is C19H22FNO2. The van der Waals surface area contributed by atoms with Crippen LogP contribution in [0.25, 0.3) is 0 Å². The minimum absolute atomic E-state index is 0.0442. The number of nitrogens with zero attached hydrogens (tertiary/aromatic N) is 1. The zero-order valence-corrected chi connectivity index (χ0v) is 13.8. The van der Waals surface area contributed by atoms with Crippen molar-refractivity contribution in [3.8, 4) is 5.75 Å². The Morgan fingerprint density at radius 3 is 2.61 bits per heavy atom. The van der Waals surface area contributed by atoms with Gasteiger partial charge >= 0.3 is 0 Å². The van der Waals surface area contributed by atoms with E-state index in [1.54, 1.807) is 24.1 Å². The number of carbonyl (C=O) groups is 1. The maximum Gasteiger partial charge on any atom is 0.222 e. The molecule has 23 heavy (non-hydrogen) atoms. The number of ether oxygens (including phenoxy) is 1. The molecule has 0 radical (unpaired) electrons. The van der Waals surface area contributed by atoms with Gasteiger partial charge in [0.05, 0.1) is 7.11 Å². The van der Waals surface area contributed by atoms with Crippen LogP contribution in [0, 0.1) is 12.7 Å². The molecule has 0 aliphatic heterocycles. The molecule has 0 N–H and O–H groups in total. The van der Waals surface area contributed by atoms with Crippen molar-refractivity contribution in [2.24, 2.45) is 0 Å². The number of hydrogen-bond acceptors (Lipinski definition) is 2. The van der Waals surface area contributed by atoms with E-state index in [1.807, 2.05) is 25.1 Å². The van der Waals surface area contributed by atoms with E-state index < -0.39 is 5.82 Å². The van der Waals surface area contributed by atoms with Gasteiger partial charge in [0.2, 0.25) is 5.91 Å². The normalized spacial score (nSPS) is 10.4. The number of methoxy groups -OCH3 is 1. The molecule has 0 unspecified atom stereocenters. The Balaban J connectivity index is 1.91. The van der Waals surface area contributed by atoms with Crippen LogP contribution in [-0.4, -0.2) is 25.0 Å². The zero-order valence-electron chi connectivity index (χ0n) is 13.8. The molecule has 0 atom stereocenters. The molecule has 122 valence electrons. The highest BCUT2D eigenvalue weighted by molar-refractivity contribution is 5.76. The van der Waals surface area contributed by atoms with Crippen molar-refractivity contribution in [1.82, 2.24) is 4.90 Å². The summed E-state index contributed by atoms with van der Waals surface area (Å²) in [4.78, 5) is 13.8. The fraction of sp³-hybridized carbons (Fsp3) is 0.316. The average Bonchev–Trinajstić information content (AvgIpc) is 2.53. The van der Waals surface area contributed by atoms with E-state index in [1.165, 1.54) is 18.7 Å². The molecule has 0 saturated carbocycles. The number of rotatable bonds is 6. The molecule has 0 aliphatic carbocycles. The minimum Gasteiger partial charge on any atom is -0.494 e. The first-order chi connectivity index (χ1) is 11.0. The van der Waals surface area contributed by atoms with Crippen molar-refractivity contribution < 1.29 is 13.9 Å². The number of aryl methyl sites for hydroxylation is 2. The van der Waals surface area contributed by atoms with Crippen LogP contribution in [0.15, 0.2) is 42.5 Å². The van der Waals surface area contributed by atoms with Crippen LogP contribution in [0.4, 0.5) is 4.39 Å². The minimum atomic E-state index is -0.411. The Morgan fingerprint density at radius 1 is 1.17 bits per heavy atom. The molecule has 0 bridgehead atoms. The second kappa shape index (κ2) is 7.77. The Labute approximate surface area is 136 Å². The largest absolute Gasteiger partial charge is 0.494 e. The van der Waals surface area contributed by atoms with Crippen LogP contribution < -0.4 is 4.74 Å². The van der Waals surface area contributed by atoms with E-state index in [9.17, 15) is 9.18 Å².